The predicted octanol–water partition coefficient (Wildman–Crippen LogP) is -0.362. The number of carbonyl (C=O) groups is 2. The van der Waals surface area contributed by atoms with Crippen molar-refractivity contribution in [3.8, 4) is 0 Å². The van der Waals surface area contributed by atoms with Crippen LogP contribution in [0.5, 0.6) is 0 Å². The van der Waals surface area contributed by atoms with Crippen LogP contribution >= 0.6 is 0 Å². The zero-order chi connectivity index (χ0) is 6.85. The second-order valence-electron chi connectivity index (χ2n) is 1.93. The summed E-state index contributed by atoms with van der Waals surface area (Å²) in [4.78, 5) is 21.5. The second kappa shape index (κ2) is 3.64. The Hall–Kier alpha value is -0.463. The summed E-state index contributed by atoms with van der Waals surface area (Å²) in [6, 6.07) is 0. The van der Waals surface area contributed by atoms with Crippen LogP contribution < -0.4 is 0 Å². The van der Waals surface area contributed by atoms with Crippen LogP contribution in [0.15, 0.2) is 0 Å². The summed E-state index contributed by atoms with van der Waals surface area (Å²) in [6.45, 7) is 0.369. The molecule has 2 amide bonds. The summed E-state index contributed by atoms with van der Waals surface area (Å²) in [5.41, 5.74) is 0. The Bertz CT molecular complexity index is 159. The molecular formula is C5H8LiNO3. The molecule has 52 valence electrons. The quantitative estimate of drug-likeness (QED) is 0.464. The maximum absolute atomic E-state index is 10.6. The van der Waals surface area contributed by atoms with Gasteiger partial charge in [-0.15, -0.1) is 0 Å². The normalized spacial score (nSPS) is 16.8. The van der Waals surface area contributed by atoms with E-state index in [0.29, 0.717) is 19.4 Å². The summed E-state index contributed by atoms with van der Waals surface area (Å²) in [5, 5.41) is 8.29. The van der Waals surface area contributed by atoms with E-state index in [1.165, 1.54) is 0 Å². The topological polar surface area (TPSA) is 57.6 Å². The fourth-order valence-corrected chi connectivity index (χ4v) is 0.850. The third kappa shape index (κ3) is 1.76. The second-order valence-corrected chi connectivity index (χ2v) is 1.93. The number of hydrogen-bond donors (Lipinski definition) is 1. The fourth-order valence-electron chi connectivity index (χ4n) is 0.850. The first-order valence-electron chi connectivity index (χ1n) is 2.75. The average molecular weight is 137 g/mol. The van der Waals surface area contributed by atoms with E-state index in [-0.39, 0.29) is 24.8 Å². The molecule has 4 nitrogen and oxygen atoms in total. The first-order chi connectivity index (χ1) is 4.22. The van der Waals surface area contributed by atoms with Gasteiger partial charge in [-0.05, 0) is 6.42 Å². The van der Waals surface area contributed by atoms with Gasteiger partial charge in [-0.3, -0.25) is 4.79 Å². The van der Waals surface area contributed by atoms with Gasteiger partial charge in [0.2, 0.25) is 5.91 Å². The van der Waals surface area contributed by atoms with Crippen LogP contribution in [-0.4, -0.2) is 47.4 Å². The molecule has 0 spiro atoms. The van der Waals surface area contributed by atoms with Crippen molar-refractivity contribution in [2.75, 3.05) is 6.54 Å². The van der Waals surface area contributed by atoms with Gasteiger partial charge in [0.05, 0.1) is 0 Å². The molecule has 5 heteroatoms. The van der Waals surface area contributed by atoms with Gasteiger partial charge < -0.3 is 5.11 Å². The Morgan fingerprint density at radius 1 is 1.60 bits per heavy atom. The molecule has 0 atom stereocenters. The molecule has 1 rings (SSSR count). The van der Waals surface area contributed by atoms with Crippen molar-refractivity contribution in [3.05, 3.63) is 0 Å². The Kier molecular flexibility index (Phi) is 3.48. The summed E-state index contributed by atoms with van der Waals surface area (Å²) >= 11 is 0. The predicted molar refractivity (Wildman–Crippen MR) is 36.1 cm³/mol. The molecular weight excluding hydrogens is 129 g/mol. The van der Waals surface area contributed by atoms with E-state index in [0.717, 1.165) is 4.90 Å². The Balaban J connectivity index is 0.000000810. The SMILES string of the molecule is O=C(O)N1CCCC1=O.[LiH]. The summed E-state index contributed by atoms with van der Waals surface area (Å²) in [7, 11) is 0. The van der Waals surface area contributed by atoms with E-state index in [9.17, 15) is 9.59 Å². The van der Waals surface area contributed by atoms with Gasteiger partial charge in [-0.2, -0.15) is 0 Å². The van der Waals surface area contributed by atoms with E-state index in [2.05, 4.69) is 0 Å². The summed E-state index contributed by atoms with van der Waals surface area (Å²) in [5.74, 6) is -0.275. The molecule has 1 heterocycles. The van der Waals surface area contributed by atoms with Crippen molar-refractivity contribution in [3.63, 3.8) is 0 Å². The third-order valence-electron chi connectivity index (χ3n) is 1.30. The van der Waals surface area contributed by atoms with E-state index in [4.69, 9.17) is 5.11 Å². The Morgan fingerprint density at radius 3 is 2.40 bits per heavy atom. The van der Waals surface area contributed by atoms with E-state index in [1.54, 1.807) is 0 Å². The number of carbonyl (C=O) groups excluding carboxylic acids is 1. The van der Waals surface area contributed by atoms with Crippen molar-refractivity contribution in [1.29, 1.82) is 0 Å². The summed E-state index contributed by atoms with van der Waals surface area (Å²) in [6.07, 6.45) is -0.0743. The van der Waals surface area contributed by atoms with Crippen LogP contribution in [0.25, 0.3) is 0 Å². The molecule has 0 saturated carbocycles. The van der Waals surface area contributed by atoms with Crippen LogP contribution in [0.2, 0.25) is 0 Å². The van der Waals surface area contributed by atoms with Gasteiger partial charge >= 0.3 is 25.0 Å². The van der Waals surface area contributed by atoms with Gasteiger partial charge in [-0.1, -0.05) is 0 Å². The molecule has 0 aliphatic carbocycles. The molecule has 0 unspecified atom stereocenters. The molecule has 0 aromatic heterocycles. The van der Waals surface area contributed by atoms with Gasteiger partial charge in [0, 0.05) is 13.0 Å². The van der Waals surface area contributed by atoms with Crippen molar-refractivity contribution < 1.29 is 14.7 Å². The first-order valence-corrected chi connectivity index (χ1v) is 2.75. The van der Waals surface area contributed by atoms with Crippen molar-refractivity contribution in [2.24, 2.45) is 0 Å². The number of imide groups is 1. The molecule has 1 fully saturated rings. The molecule has 10 heavy (non-hydrogen) atoms. The minimum absolute atomic E-state index is 0. The zero-order valence-electron chi connectivity index (χ0n) is 4.83. The van der Waals surface area contributed by atoms with E-state index in [1.807, 2.05) is 0 Å². The number of amides is 2. The van der Waals surface area contributed by atoms with Crippen molar-refractivity contribution in [2.45, 2.75) is 12.8 Å². The van der Waals surface area contributed by atoms with E-state index >= 15 is 0 Å². The van der Waals surface area contributed by atoms with Crippen LogP contribution in [-0.2, 0) is 4.79 Å². The molecule has 0 aromatic carbocycles. The zero-order valence-corrected chi connectivity index (χ0v) is 4.83. The van der Waals surface area contributed by atoms with Gasteiger partial charge in [-0.25, -0.2) is 9.69 Å². The molecule has 0 aromatic rings. The van der Waals surface area contributed by atoms with Gasteiger partial charge in [0.25, 0.3) is 0 Å². The van der Waals surface area contributed by atoms with Gasteiger partial charge in [0.1, 0.15) is 0 Å². The Morgan fingerprint density at radius 2 is 2.20 bits per heavy atom. The third-order valence-corrected chi connectivity index (χ3v) is 1.30. The molecule has 1 saturated heterocycles. The van der Waals surface area contributed by atoms with E-state index < -0.39 is 6.09 Å². The van der Waals surface area contributed by atoms with Crippen LogP contribution in [0.1, 0.15) is 12.8 Å². The average Bonchev–Trinajstić information content (AvgIpc) is 2.13. The molecule has 0 radical (unpaired) electrons. The van der Waals surface area contributed by atoms with Gasteiger partial charge in [0.15, 0.2) is 0 Å². The van der Waals surface area contributed by atoms with Crippen LogP contribution in [0.3, 0.4) is 0 Å². The number of carboxylic acid groups (broad SMARTS) is 1. The minimum atomic E-state index is -1.13. The molecule has 1 aliphatic heterocycles. The molecule has 1 aliphatic rings. The van der Waals surface area contributed by atoms with Crippen LogP contribution in [0.4, 0.5) is 4.79 Å². The number of likely N-dealkylation sites (tertiary alicyclic amines) is 1. The monoisotopic (exact) mass is 137 g/mol. The number of hydrogen-bond acceptors (Lipinski definition) is 2. The fraction of sp³-hybridized carbons (Fsp3) is 0.600. The van der Waals surface area contributed by atoms with Crippen molar-refractivity contribution >= 4 is 30.9 Å². The first kappa shape index (κ1) is 9.54. The maximum atomic E-state index is 10.6. The Labute approximate surface area is 70.4 Å². The standard InChI is InChI=1S/C5H7NO3.Li.H/c7-4-2-1-3-6(4)5(8)9;;/h1-3H2,(H,8,9);;. The molecule has 1 N–H and O–H groups in total. The molecule has 0 bridgehead atoms. The number of nitrogens with zero attached hydrogens (tertiary/aromatic N) is 1. The summed E-state index contributed by atoms with van der Waals surface area (Å²) < 4.78 is 0. The van der Waals surface area contributed by atoms with Crippen LogP contribution in [0, 0.1) is 0 Å². The van der Waals surface area contributed by atoms with Crippen molar-refractivity contribution in [1.82, 2.24) is 4.90 Å². The number of rotatable bonds is 0.